The Balaban J connectivity index is 1.25. The van der Waals surface area contributed by atoms with Crippen molar-refractivity contribution >= 4 is 12.0 Å². The molecule has 2 aromatic carbocycles. The van der Waals surface area contributed by atoms with Gasteiger partial charge in [-0.25, -0.2) is 9.18 Å². The molecule has 0 atom stereocenters. The molecule has 0 bridgehead atoms. The Kier molecular flexibility index (Phi) is 6.62. The Morgan fingerprint density at radius 3 is 2.56 bits per heavy atom. The van der Waals surface area contributed by atoms with Crippen LogP contribution in [0.3, 0.4) is 0 Å². The molecule has 0 aliphatic heterocycles. The third-order valence-electron chi connectivity index (χ3n) is 4.31. The predicted octanol–water partition coefficient (Wildman–Crippen LogP) is 4.61. The zero-order chi connectivity index (χ0) is 22.2. The summed E-state index contributed by atoms with van der Waals surface area (Å²) >= 11 is 0. The Hall–Kier alpha value is -4.33. The van der Waals surface area contributed by atoms with Crippen molar-refractivity contribution in [2.45, 2.75) is 13.2 Å². The van der Waals surface area contributed by atoms with Crippen LogP contribution in [0.2, 0.25) is 0 Å². The number of rotatable bonds is 8. The van der Waals surface area contributed by atoms with Crippen molar-refractivity contribution in [2.24, 2.45) is 0 Å². The summed E-state index contributed by atoms with van der Waals surface area (Å²) in [5.74, 6) is 0.219. The van der Waals surface area contributed by atoms with Crippen molar-refractivity contribution in [3.63, 3.8) is 0 Å². The number of esters is 1. The molecule has 4 aromatic rings. The summed E-state index contributed by atoms with van der Waals surface area (Å²) in [7, 11) is 0. The average molecular weight is 431 g/mol. The second-order valence-electron chi connectivity index (χ2n) is 6.64. The molecule has 160 valence electrons. The quantitative estimate of drug-likeness (QED) is 0.297. The lowest BCUT2D eigenvalue weighted by molar-refractivity contribution is -0.139. The highest BCUT2D eigenvalue weighted by atomic mass is 19.1. The molecule has 0 saturated heterocycles. The summed E-state index contributed by atoms with van der Waals surface area (Å²) in [5.41, 5.74) is 2.22. The van der Waals surface area contributed by atoms with E-state index in [1.54, 1.807) is 12.3 Å². The van der Waals surface area contributed by atoms with Crippen LogP contribution >= 0.6 is 0 Å². The minimum absolute atomic E-state index is 0.145. The van der Waals surface area contributed by atoms with Gasteiger partial charge >= 0.3 is 5.97 Å². The molecule has 32 heavy (non-hydrogen) atoms. The summed E-state index contributed by atoms with van der Waals surface area (Å²) in [5, 5.41) is 3.75. The second-order valence-corrected chi connectivity index (χ2v) is 6.64. The minimum Gasteiger partial charge on any atom is -0.487 e. The van der Waals surface area contributed by atoms with Gasteiger partial charge in [0, 0.05) is 17.8 Å². The van der Waals surface area contributed by atoms with Gasteiger partial charge in [0.1, 0.15) is 18.2 Å². The van der Waals surface area contributed by atoms with Gasteiger partial charge in [-0.15, -0.1) is 0 Å². The molecule has 0 spiro atoms. The first-order valence-corrected chi connectivity index (χ1v) is 9.72. The first-order valence-electron chi connectivity index (χ1n) is 9.72. The molecule has 0 radical (unpaired) electrons. The monoisotopic (exact) mass is 431 g/mol. The molecule has 0 saturated carbocycles. The number of aromatic nitrogens is 3. The van der Waals surface area contributed by atoms with Crippen molar-refractivity contribution in [1.29, 1.82) is 0 Å². The van der Waals surface area contributed by atoms with Crippen molar-refractivity contribution in [3.05, 3.63) is 102 Å². The van der Waals surface area contributed by atoms with E-state index >= 15 is 0 Å². The SMILES string of the molecule is O=C(/C=C/c1ccc(OCc2ccccn2)cc1)OCc1noc(-c2ccc(F)cc2)n1. The van der Waals surface area contributed by atoms with Gasteiger partial charge in [0.15, 0.2) is 6.61 Å². The van der Waals surface area contributed by atoms with E-state index in [1.807, 2.05) is 42.5 Å². The van der Waals surface area contributed by atoms with E-state index < -0.39 is 5.97 Å². The van der Waals surface area contributed by atoms with Gasteiger partial charge in [0.2, 0.25) is 5.82 Å². The largest absolute Gasteiger partial charge is 0.487 e. The highest BCUT2D eigenvalue weighted by Crippen LogP contribution is 2.18. The molecule has 0 aliphatic carbocycles. The van der Waals surface area contributed by atoms with E-state index in [1.165, 1.54) is 30.3 Å². The Morgan fingerprint density at radius 1 is 1.00 bits per heavy atom. The number of ether oxygens (including phenoxy) is 2. The lowest BCUT2D eigenvalue weighted by atomic mass is 10.2. The van der Waals surface area contributed by atoms with Crippen LogP contribution in [0.25, 0.3) is 17.5 Å². The number of hydrogen-bond acceptors (Lipinski definition) is 7. The van der Waals surface area contributed by atoms with Gasteiger partial charge in [-0.1, -0.05) is 23.4 Å². The Labute approximate surface area is 183 Å². The van der Waals surface area contributed by atoms with Gasteiger partial charge in [0.25, 0.3) is 5.89 Å². The molecular formula is C24H18FN3O4. The number of benzene rings is 2. The molecule has 0 aliphatic rings. The second kappa shape index (κ2) is 10.1. The molecule has 2 aromatic heterocycles. The number of halogens is 1. The minimum atomic E-state index is -0.548. The molecule has 0 amide bonds. The summed E-state index contributed by atoms with van der Waals surface area (Å²) in [6, 6.07) is 18.6. The highest BCUT2D eigenvalue weighted by Gasteiger charge is 2.10. The number of nitrogens with zero attached hydrogens (tertiary/aromatic N) is 3. The van der Waals surface area contributed by atoms with Crippen LogP contribution in [-0.2, 0) is 22.7 Å². The summed E-state index contributed by atoms with van der Waals surface area (Å²) in [6.07, 6.45) is 4.66. The molecule has 0 fully saturated rings. The molecule has 0 unspecified atom stereocenters. The molecule has 4 rings (SSSR count). The first-order chi connectivity index (χ1) is 15.7. The van der Waals surface area contributed by atoms with Crippen molar-refractivity contribution in [2.75, 3.05) is 0 Å². The predicted molar refractivity (Wildman–Crippen MR) is 114 cm³/mol. The molecule has 0 N–H and O–H groups in total. The van der Waals surface area contributed by atoms with Crippen LogP contribution in [0.4, 0.5) is 4.39 Å². The Morgan fingerprint density at radius 2 is 1.81 bits per heavy atom. The maximum atomic E-state index is 13.0. The van der Waals surface area contributed by atoms with Crippen LogP contribution in [-0.4, -0.2) is 21.1 Å². The topological polar surface area (TPSA) is 87.3 Å². The normalized spacial score (nSPS) is 10.9. The van der Waals surface area contributed by atoms with Gasteiger partial charge in [-0.2, -0.15) is 4.98 Å². The Bertz CT molecular complexity index is 1190. The zero-order valence-corrected chi connectivity index (χ0v) is 16.8. The van der Waals surface area contributed by atoms with E-state index in [-0.39, 0.29) is 24.1 Å². The fourth-order valence-electron chi connectivity index (χ4n) is 2.69. The van der Waals surface area contributed by atoms with E-state index in [0.29, 0.717) is 17.9 Å². The van der Waals surface area contributed by atoms with Crippen LogP contribution in [0.5, 0.6) is 5.75 Å². The zero-order valence-electron chi connectivity index (χ0n) is 16.8. The van der Waals surface area contributed by atoms with E-state index in [9.17, 15) is 9.18 Å². The van der Waals surface area contributed by atoms with Gasteiger partial charge in [-0.05, 0) is 60.2 Å². The number of pyridine rings is 1. The van der Waals surface area contributed by atoms with E-state index in [2.05, 4.69) is 15.1 Å². The van der Waals surface area contributed by atoms with Crippen molar-refractivity contribution in [1.82, 2.24) is 15.1 Å². The van der Waals surface area contributed by atoms with Crippen molar-refractivity contribution < 1.29 is 23.2 Å². The third kappa shape index (κ3) is 5.85. The van der Waals surface area contributed by atoms with Gasteiger partial charge in [0.05, 0.1) is 5.69 Å². The van der Waals surface area contributed by atoms with Crippen LogP contribution in [0.15, 0.2) is 83.5 Å². The van der Waals surface area contributed by atoms with E-state index in [4.69, 9.17) is 14.0 Å². The average Bonchev–Trinajstić information content (AvgIpc) is 3.31. The number of carbonyl (C=O) groups is 1. The highest BCUT2D eigenvalue weighted by molar-refractivity contribution is 5.87. The maximum absolute atomic E-state index is 13.0. The van der Waals surface area contributed by atoms with Crippen LogP contribution < -0.4 is 4.74 Å². The molecule has 7 nitrogen and oxygen atoms in total. The molecule has 2 heterocycles. The summed E-state index contributed by atoms with van der Waals surface area (Å²) in [6.45, 7) is 0.232. The fraction of sp³-hybridized carbons (Fsp3) is 0.0833. The third-order valence-corrected chi connectivity index (χ3v) is 4.31. The number of hydrogen-bond donors (Lipinski definition) is 0. The molecule has 8 heteroatoms. The fourth-order valence-corrected chi connectivity index (χ4v) is 2.69. The lowest BCUT2D eigenvalue weighted by Crippen LogP contribution is -2.02. The van der Waals surface area contributed by atoms with Gasteiger partial charge < -0.3 is 14.0 Å². The standard InChI is InChI=1S/C24H18FN3O4/c25-19-9-7-18(8-10-19)24-27-22(28-32-24)16-31-23(29)13-6-17-4-11-21(12-5-17)30-15-20-3-1-2-14-26-20/h1-14H,15-16H2/b13-6+. The van der Waals surface area contributed by atoms with Crippen LogP contribution in [0, 0.1) is 5.82 Å². The lowest BCUT2D eigenvalue weighted by Gasteiger charge is -2.05. The van der Waals surface area contributed by atoms with Gasteiger partial charge in [-0.3, -0.25) is 4.98 Å². The first kappa shape index (κ1) is 20.9. The number of carbonyl (C=O) groups excluding carboxylic acids is 1. The maximum Gasteiger partial charge on any atom is 0.331 e. The summed E-state index contributed by atoms with van der Waals surface area (Å²) < 4.78 is 28.9. The smallest absolute Gasteiger partial charge is 0.331 e. The molecular weight excluding hydrogens is 413 g/mol. The van der Waals surface area contributed by atoms with E-state index in [0.717, 1.165) is 11.3 Å². The van der Waals surface area contributed by atoms with Crippen LogP contribution in [0.1, 0.15) is 17.1 Å². The van der Waals surface area contributed by atoms with Crippen molar-refractivity contribution in [3.8, 4) is 17.2 Å². The summed E-state index contributed by atoms with van der Waals surface area (Å²) in [4.78, 5) is 20.3.